The van der Waals surface area contributed by atoms with Crippen LogP contribution < -0.4 is 5.32 Å². The molecule has 1 atom stereocenters. The highest BCUT2D eigenvalue weighted by atomic mass is 19.4. The van der Waals surface area contributed by atoms with Crippen molar-refractivity contribution in [2.75, 3.05) is 19.6 Å². The highest BCUT2D eigenvalue weighted by Crippen LogP contribution is 2.32. The molecule has 0 amide bonds. The van der Waals surface area contributed by atoms with Crippen LogP contribution in [0.1, 0.15) is 18.1 Å². The molecular weight excluding hydrogens is 241 g/mol. The van der Waals surface area contributed by atoms with Gasteiger partial charge in [0.2, 0.25) is 0 Å². The summed E-state index contributed by atoms with van der Waals surface area (Å²) in [5, 5.41) is 3.23. The van der Waals surface area contributed by atoms with E-state index in [1.165, 1.54) is 6.07 Å². The normalized spacial score (nSPS) is 22.1. The first kappa shape index (κ1) is 13.4. The van der Waals surface area contributed by atoms with Crippen LogP contribution in [0.25, 0.3) is 0 Å². The number of halogens is 3. The van der Waals surface area contributed by atoms with Gasteiger partial charge in [-0.1, -0.05) is 18.2 Å². The van der Waals surface area contributed by atoms with Gasteiger partial charge in [-0.3, -0.25) is 4.90 Å². The maximum absolute atomic E-state index is 12.9. The van der Waals surface area contributed by atoms with Crippen LogP contribution in [0.15, 0.2) is 24.3 Å². The second kappa shape index (κ2) is 5.28. The molecule has 2 nitrogen and oxygen atoms in total. The van der Waals surface area contributed by atoms with Crippen molar-refractivity contribution in [3.05, 3.63) is 35.4 Å². The van der Waals surface area contributed by atoms with E-state index in [-0.39, 0.29) is 6.04 Å². The number of hydrogen-bond acceptors (Lipinski definition) is 2. The first-order chi connectivity index (χ1) is 8.48. The summed E-state index contributed by atoms with van der Waals surface area (Å²) in [6.45, 7) is 4.83. The number of nitrogens with one attached hydrogen (secondary N) is 1. The van der Waals surface area contributed by atoms with Gasteiger partial charge in [0.15, 0.2) is 0 Å². The molecule has 18 heavy (non-hydrogen) atoms. The number of rotatable bonds is 2. The van der Waals surface area contributed by atoms with E-state index in [1.807, 2.05) is 6.92 Å². The van der Waals surface area contributed by atoms with Crippen molar-refractivity contribution >= 4 is 0 Å². The Morgan fingerprint density at radius 2 is 2.06 bits per heavy atom. The van der Waals surface area contributed by atoms with Crippen LogP contribution in [0.4, 0.5) is 13.2 Å². The molecule has 0 aliphatic carbocycles. The van der Waals surface area contributed by atoms with Gasteiger partial charge in [0.05, 0.1) is 5.56 Å². The lowest BCUT2D eigenvalue weighted by Gasteiger charge is -2.34. The maximum Gasteiger partial charge on any atom is 0.416 e. The van der Waals surface area contributed by atoms with Crippen molar-refractivity contribution < 1.29 is 13.2 Å². The van der Waals surface area contributed by atoms with Crippen LogP contribution in [0.5, 0.6) is 0 Å². The van der Waals surface area contributed by atoms with Crippen LogP contribution in [0.3, 0.4) is 0 Å². The molecule has 0 spiro atoms. The topological polar surface area (TPSA) is 15.3 Å². The molecule has 0 bridgehead atoms. The molecule has 1 aliphatic heterocycles. The zero-order valence-electron chi connectivity index (χ0n) is 10.3. The maximum atomic E-state index is 12.9. The zero-order valence-corrected chi connectivity index (χ0v) is 10.3. The Bertz CT molecular complexity index is 403. The lowest BCUT2D eigenvalue weighted by molar-refractivity contribution is -0.138. The molecule has 1 aromatic rings. The highest BCUT2D eigenvalue weighted by Gasteiger charge is 2.33. The molecular formula is C13H17F3N2. The number of alkyl halides is 3. The summed E-state index contributed by atoms with van der Waals surface area (Å²) in [5.41, 5.74) is -0.158. The minimum atomic E-state index is -4.27. The molecule has 1 N–H and O–H groups in total. The molecule has 2 rings (SSSR count). The average Bonchev–Trinajstić information content (AvgIpc) is 2.31. The van der Waals surface area contributed by atoms with Crippen molar-refractivity contribution in [2.45, 2.75) is 25.7 Å². The smallest absolute Gasteiger partial charge is 0.314 e. The number of nitrogens with zero attached hydrogens (tertiary/aromatic N) is 1. The van der Waals surface area contributed by atoms with Crippen molar-refractivity contribution in [2.24, 2.45) is 0 Å². The molecule has 5 heteroatoms. The van der Waals surface area contributed by atoms with E-state index in [1.54, 1.807) is 12.1 Å². The number of hydrogen-bond donors (Lipinski definition) is 1. The standard InChI is InChI=1S/C13H17F3N2/c1-10-8-17-6-7-18(10)9-11-4-2-3-5-12(11)13(14,15)16/h2-5,10,17H,6-9H2,1H3/t10-/m0/s1. The SMILES string of the molecule is C[C@H]1CNCCN1Cc1ccccc1C(F)(F)F. The van der Waals surface area contributed by atoms with Crippen molar-refractivity contribution in [3.63, 3.8) is 0 Å². The molecule has 1 aromatic carbocycles. The Balaban J connectivity index is 2.18. The van der Waals surface area contributed by atoms with Gasteiger partial charge in [-0.25, -0.2) is 0 Å². The van der Waals surface area contributed by atoms with E-state index < -0.39 is 11.7 Å². The summed E-state index contributed by atoms with van der Waals surface area (Å²) in [6, 6.07) is 6.09. The summed E-state index contributed by atoms with van der Waals surface area (Å²) in [7, 11) is 0. The van der Waals surface area contributed by atoms with E-state index in [4.69, 9.17) is 0 Å². The Hall–Kier alpha value is -1.07. The van der Waals surface area contributed by atoms with Gasteiger partial charge in [-0.05, 0) is 18.6 Å². The van der Waals surface area contributed by atoms with E-state index in [2.05, 4.69) is 10.2 Å². The van der Waals surface area contributed by atoms with Gasteiger partial charge in [0.25, 0.3) is 0 Å². The quantitative estimate of drug-likeness (QED) is 0.876. The van der Waals surface area contributed by atoms with Gasteiger partial charge in [-0.2, -0.15) is 13.2 Å². The highest BCUT2D eigenvalue weighted by molar-refractivity contribution is 5.29. The molecule has 100 valence electrons. The van der Waals surface area contributed by atoms with Gasteiger partial charge in [0.1, 0.15) is 0 Å². The summed E-state index contributed by atoms with van der Waals surface area (Å²) in [5.74, 6) is 0. The second-order valence-electron chi connectivity index (χ2n) is 4.68. The molecule has 0 radical (unpaired) electrons. The molecule has 1 aliphatic rings. The van der Waals surface area contributed by atoms with E-state index >= 15 is 0 Å². The summed E-state index contributed by atoms with van der Waals surface area (Å²) in [4.78, 5) is 2.08. The summed E-state index contributed by atoms with van der Waals surface area (Å²) < 4.78 is 38.6. The lowest BCUT2D eigenvalue weighted by Crippen LogP contribution is -2.49. The largest absolute Gasteiger partial charge is 0.416 e. The van der Waals surface area contributed by atoms with Crippen LogP contribution in [-0.4, -0.2) is 30.6 Å². The second-order valence-corrected chi connectivity index (χ2v) is 4.68. The lowest BCUT2D eigenvalue weighted by atomic mass is 10.1. The van der Waals surface area contributed by atoms with Gasteiger partial charge >= 0.3 is 6.18 Å². The minimum absolute atomic E-state index is 0.264. The third-order valence-corrected chi connectivity index (χ3v) is 3.34. The molecule has 0 unspecified atom stereocenters. The van der Waals surface area contributed by atoms with Gasteiger partial charge in [-0.15, -0.1) is 0 Å². The van der Waals surface area contributed by atoms with E-state index in [9.17, 15) is 13.2 Å². The third-order valence-electron chi connectivity index (χ3n) is 3.34. The van der Waals surface area contributed by atoms with E-state index in [0.29, 0.717) is 12.1 Å². The molecule has 1 heterocycles. The zero-order chi connectivity index (χ0) is 13.2. The Morgan fingerprint density at radius 1 is 1.33 bits per heavy atom. The van der Waals surface area contributed by atoms with E-state index in [0.717, 1.165) is 25.7 Å². The Morgan fingerprint density at radius 3 is 2.72 bits per heavy atom. The van der Waals surface area contributed by atoms with Crippen LogP contribution in [0, 0.1) is 0 Å². The predicted molar refractivity (Wildman–Crippen MR) is 64.2 cm³/mol. The first-order valence-corrected chi connectivity index (χ1v) is 6.08. The summed E-state index contributed by atoms with van der Waals surface area (Å²) in [6.07, 6.45) is -4.27. The van der Waals surface area contributed by atoms with Gasteiger partial charge in [0, 0.05) is 32.2 Å². The molecule has 0 saturated carbocycles. The third kappa shape index (κ3) is 3.03. The molecule has 1 saturated heterocycles. The average molecular weight is 258 g/mol. The van der Waals surface area contributed by atoms with Crippen molar-refractivity contribution in [1.29, 1.82) is 0 Å². The number of piperazine rings is 1. The summed E-state index contributed by atoms with van der Waals surface area (Å²) >= 11 is 0. The van der Waals surface area contributed by atoms with Crippen LogP contribution in [-0.2, 0) is 12.7 Å². The fourth-order valence-electron chi connectivity index (χ4n) is 2.27. The fourth-order valence-corrected chi connectivity index (χ4v) is 2.27. The van der Waals surface area contributed by atoms with Crippen molar-refractivity contribution in [1.82, 2.24) is 10.2 Å². The molecule has 1 fully saturated rings. The Kier molecular flexibility index (Phi) is 3.92. The minimum Gasteiger partial charge on any atom is -0.314 e. The fraction of sp³-hybridized carbons (Fsp3) is 0.538. The monoisotopic (exact) mass is 258 g/mol. The predicted octanol–water partition coefficient (Wildman–Crippen LogP) is 2.50. The van der Waals surface area contributed by atoms with Crippen LogP contribution >= 0.6 is 0 Å². The van der Waals surface area contributed by atoms with Crippen LogP contribution in [0.2, 0.25) is 0 Å². The number of benzene rings is 1. The first-order valence-electron chi connectivity index (χ1n) is 6.08. The van der Waals surface area contributed by atoms with Gasteiger partial charge < -0.3 is 5.32 Å². The molecule has 0 aromatic heterocycles. The Labute approximate surface area is 105 Å². The van der Waals surface area contributed by atoms with Crippen molar-refractivity contribution in [3.8, 4) is 0 Å².